The molecule has 0 spiro atoms. The molecule has 0 aromatic carbocycles. The lowest BCUT2D eigenvalue weighted by molar-refractivity contribution is -0.142. The molecule has 1 atom stereocenters. The Morgan fingerprint density at radius 3 is 2.73 bits per heavy atom. The molecule has 2 saturated heterocycles. The molecule has 3 heterocycles. The Hall–Kier alpha value is -0.870. The molecule has 8 heteroatoms. The van der Waals surface area contributed by atoms with E-state index in [9.17, 15) is 4.79 Å². The number of halogens is 1. The lowest BCUT2D eigenvalue weighted by Gasteiger charge is -2.37. The summed E-state index contributed by atoms with van der Waals surface area (Å²) in [5, 5.41) is 5.49. The van der Waals surface area contributed by atoms with Crippen LogP contribution in [0.25, 0.3) is 0 Å². The second-order valence-corrected chi connectivity index (χ2v) is 7.41. The highest BCUT2D eigenvalue weighted by molar-refractivity contribution is 14.0. The first-order valence-electron chi connectivity index (χ1n) is 9.24. The summed E-state index contributed by atoms with van der Waals surface area (Å²) in [6.45, 7) is 7.59. The summed E-state index contributed by atoms with van der Waals surface area (Å²) in [4.78, 5) is 22.8. The Balaban J connectivity index is 0.00000243. The van der Waals surface area contributed by atoms with E-state index in [1.54, 1.807) is 11.3 Å². The van der Waals surface area contributed by atoms with Crippen LogP contribution in [-0.4, -0.2) is 73.6 Å². The number of nitrogens with zero attached hydrogens (tertiary/aromatic N) is 3. The van der Waals surface area contributed by atoms with Crippen LogP contribution >= 0.6 is 35.3 Å². The second kappa shape index (κ2) is 11.1. The molecule has 3 rings (SSSR count). The molecule has 146 valence electrons. The Bertz CT molecular complexity index is 568. The standard InChI is InChI=1S/C18H28N4O2S.HI/c1-2-19-18(20-8-7-15-5-4-14-25-15)22-11-9-21(10-12-22)17(23)16-6-3-13-24-16;/h4-5,14,16H,2-3,6-13H2,1H3,(H,19,20);1H. The molecule has 2 aliphatic rings. The van der Waals surface area contributed by atoms with Gasteiger partial charge < -0.3 is 19.9 Å². The first-order chi connectivity index (χ1) is 12.3. The molecule has 26 heavy (non-hydrogen) atoms. The van der Waals surface area contributed by atoms with Crippen LogP contribution in [0, 0.1) is 0 Å². The second-order valence-electron chi connectivity index (χ2n) is 6.38. The van der Waals surface area contributed by atoms with Crippen LogP contribution < -0.4 is 5.32 Å². The van der Waals surface area contributed by atoms with Crippen molar-refractivity contribution >= 4 is 47.2 Å². The van der Waals surface area contributed by atoms with Crippen molar-refractivity contribution in [1.82, 2.24) is 15.1 Å². The van der Waals surface area contributed by atoms with E-state index < -0.39 is 0 Å². The topological polar surface area (TPSA) is 57.2 Å². The summed E-state index contributed by atoms with van der Waals surface area (Å²) < 4.78 is 5.53. The van der Waals surface area contributed by atoms with Crippen LogP contribution in [0.15, 0.2) is 22.5 Å². The minimum Gasteiger partial charge on any atom is -0.368 e. The highest BCUT2D eigenvalue weighted by atomic mass is 127. The van der Waals surface area contributed by atoms with Crippen LogP contribution in [0.3, 0.4) is 0 Å². The largest absolute Gasteiger partial charge is 0.368 e. The number of carbonyl (C=O) groups is 1. The third-order valence-electron chi connectivity index (χ3n) is 4.63. The molecule has 0 radical (unpaired) electrons. The maximum atomic E-state index is 12.4. The van der Waals surface area contributed by atoms with Crippen molar-refractivity contribution in [2.24, 2.45) is 4.99 Å². The van der Waals surface area contributed by atoms with Crippen LogP contribution in [0.5, 0.6) is 0 Å². The van der Waals surface area contributed by atoms with Gasteiger partial charge in [-0.3, -0.25) is 9.79 Å². The number of ether oxygens (including phenoxy) is 1. The molecule has 1 amide bonds. The monoisotopic (exact) mass is 492 g/mol. The third-order valence-corrected chi connectivity index (χ3v) is 5.57. The van der Waals surface area contributed by atoms with E-state index in [0.29, 0.717) is 0 Å². The van der Waals surface area contributed by atoms with E-state index in [1.807, 2.05) is 4.90 Å². The smallest absolute Gasteiger partial charge is 0.251 e. The average molecular weight is 492 g/mol. The molecule has 0 bridgehead atoms. The fourth-order valence-corrected chi connectivity index (χ4v) is 3.97. The Morgan fingerprint density at radius 2 is 2.12 bits per heavy atom. The summed E-state index contributed by atoms with van der Waals surface area (Å²) in [6, 6.07) is 4.24. The molecular formula is C18H29IN4O2S. The van der Waals surface area contributed by atoms with Gasteiger partial charge in [0.2, 0.25) is 0 Å². The van der Waals surface area contributed by atoms with Crippen molar-refractivity contribution in [2.45, 2.75) is 32.3 Å². The van der Waals surface area contributed by atoms with Crippen LogP contribution in [0.1, 0.15) is 24.6 Å². The number of piperazine rings is 1. The zero-order chi connectivity index (χ0) is 17.5. The predicted molar refractivity (Wildman–Crippen MR) is 117 cm³/mol. The molecule has 2 fully saturated rings. The summed E-state index contributed by atoms with van der Waals surface area (Å²) in [6.07, 6.45) is 2.63. The first kappa shape index (κ1) is 21.4. The summed E-state index contributed by atoms with van der Waals surface area (Å²) in [7, 11) is 0. The Morgan fingerprint density at radius 1 is 1.35 bits per heavy atom. The maximum absolute atomic E-state index is 12.4. The molecular weight excluding hydrogens is 463 g/mol. The number of guanidine groups is 1. The molecule has 2 aliphatic heterocycles. The van der Waals surface area contributed by atoms with E-state index >= 15 is 0 Å². The number of aliphatic imine (C=N–C) groups is 1. The molecule has 1 aromatic rings. The van der Waals surface area contributed by atoms with E-state index in [-0.39, 0.29) is 36.0 Å². The highest BCUT2D eigenvalue weighted by Gasteiger charge is 2.30. The third kappa shape index (κ3) is 5.82. The molecule has 1 N–H and O–H groups in total. The molecule has 6 nitrogen and oxygen atoms in total. The van der Waals surface area contributed by atoms with E-state index in [0.717, 1.165) is 71.1 Å². The van der Waals surface area contributed by atoms with E-state index in [1.165, 1.54) is 4.88 Å². The van der Waals surface area contributed by atoms with E-state index in [4.69, 9.17) is 9.73 Å². The Kier molecular flexibility index (Phi) is 9.13. The number of hydrogen-bond acceptors (Lipinski definition) is 4. The molecule has 1 aromatic heterocycles. The molecule has 1 unspecified atom stereocenters. The van der Waals surface area contributed by atoms with Crippen molar-refractivity contribution in [3.8, 4) is 0 Å². The zero-order valence-electron chi connectivity index (χ0n) is 15.4. The summed E-state index contributed by atoms with van der Waals surface area (Å²) in [5.74, 6) is 1.13. The normalized spacial score (nSPS) is 20.8. The number of rotatable bonds is 5. The van der Waals surface area contributed by atoms with Gasteiger partial charge in [-0.25, -0.2) is 0 Å². The highest BCUT2D eigenvalue weighted by Crippen LogP contribution is 2.16. The van der Waals surface area contributed by atoms with Crippen LogP contribution in [0.2, 0.25) is 0 Å². The minimum absolute atomic E-state index is 0. The fourth-order valence-electron chi connectivity index (χ4n) is 3.27. The number of nitrogens with one attached hydrogen (secondary N) is 1. The number of thiophene rings is 1. The van der Waals surface area contributed by atoms with Gasteiger partial charge in [-0.05, 0) is 31.2 Å². The SMILES string of the molecule is CCNC(=NCCc1cccs1)N1CCN(C(=O)C2CCCO2)CC1.I. The quantitative estimate of drug-likeness (QED) is 0.389. The molecule has 0 aliphatic carbocycles. The van der Waals surface area contributed by atoms with Gasteiger partial charge in [0.1, 0.15) is 6.10 Å². The lowest BCUT2D eigenvalue weighted by Crippen LogP contribution is -2.55. The lowest BCUT2D eigenvalue weighted by atomic mass is 10.2. The van der Waals surface area contributed by atoms with Gasteiger partial charge in [0.25, 0.3) is 5.91 Å². The van der Waals surface area contributed by atoms with Gasteiger partial charge >= 0.3 is 0 Å². The van der Waals surface area contributed by atoms with Crippen LogP contribution in [-0.2, 0) is 16.0 Å². The van der Waals surface area contributed by atoms with Crippen molar-refractivity contribution in [2.75, 3.05) is 45.9 Å². The zero-order valence-corrected chi connectivity index (χ0v) is 18.5. The van der Waals surface area contributed by atoms with E-state index in [2.05, 4.69) is 34.7 Å². The van der Waals surface area contributed by atoms with Crippen LogP contribution in [0.4, 0.5) is 0 Å². The van der Waals surface area contributed by atoms with Gasteiger partial charge in [0, 0.05) is 57.2 Å². The van der Waals surface area contributed by atoms with Gasteiger partial charge in [0.05, 0.1) is 0 Å². The van der Waals surface area contributed by atoms with Gasteiger partial charge in [0.15, 0.2) is 5.96 Å². The maximum Gasteiger partial charge on any atom is 0.251 e. The predicted octanol–water partition coefficient (Wildman–Crippen LogP) is 2.20. The van der Waals surface area contributed by atoms with Crippen molar-refractivity contribution < 1.29 is 9.53 Å². The fraction of sp³-hybridized carbons (Fsp3) is 0.667. The number of carbonyl (C=O) groups excluding carboxylic acids is 1. The van der Waals surface area contributed by atoms with Crippen molar-refractivity contribution in [3.05, 3.63) is 22.4 Å². The average Bonchev–Trinajstić information content (AvgIpc) is 3.34. The minimum atomic E-state index is -0.209. The van der Waals surface area contributed by atoms with Gasteiger partial charge in [-0.1, -0.05) is 6.07 Å². The Labute approximate surface area is 177 Å². The molecule has 0 saturated carbocycles. The van der Waals surface area contributed by atoms with Gasteiger partial charge in [-0.2, -0.15) is 0 Å². The first-order valence-corrected chi connectivity index (χ1v) is 10.1. The van der Waals surface area contributed by atoms with Gasteiger partial charge in [-0.15, -0.1) is 35.3 Å². The number of hydrogen-bond donors (Lipinski definition) is 1. The van der Waals surface area contributed by atoms with Crippen molar-refractivity contribution in [3.63, 3.8) is 0 Å². The summed E-state index contributed by atoms with van der Waals surface area (Å²) >= 11 is 1.78. The number of amides is 1. The summed E-state index contributed by atoms with van der Waals surface area (Å²) in [5.41, 5.74) is 0. The van der Waals surface area contributed by atoms with Crippen molar-refractivity contribution in [1.29, 1.82) is 0 Å².